The molecule has 2 heterocycles. The maximum absolute atomic E-state index is 12.8. The summed E-state index contributed by atoms with van der Waals surface area (Å²) in [6, 6.07) is 9.45. The van der Waals surface area contributed by atoms with Gasteiger partial charge in [-0.3, -0.25) is 14.3 Å². The number of carbonyl (C=O) groups excluding carboxylic acids is 2. The van der Waals surface area contributed by atoms with Crippen LogP contribution < -0.4 is 5.32 Å². The molecule has 0 aliphatic carbocycles. The van der Waals surface area contributed by atoms with Crippen LogP contribution in [0.5, 0.6) is 0 Å². The molecule has 142 valence electrons. The fourth-order valence-electron chi connectivity index (χ4n) is 3.08. The van der Waals surface area contributed by atoms with Gasteiger partial charge in [-0.2, -0.15) is 5.10 Å². The molecule has 1 N–H and O–H groups in total. The van der Waals surface area contributed by atoms with Gasteiger partial charge in [-0.15, -0.1) is 0 Å². The second-order valence-electron chi connectivity index (χ2n) is 7.88. The van der Waals surface area contributed by atoms with Crippen LogP contribution in [0.4, 0.5) is 5.69 Å². The molecule has 0 saturated carbocycles. The van der Waals surface area contributed by atoms with E-state index in [1.165, 1.54) is 6.08 Å². The van der Waals surface area contributed by atoms with Crippen molar-refractivity contribution in [2.24, 2.45) is 0 Å². The molecule has 0 bridgehead atoms. The zero-order valence-corrected chi connectivity index (χ0v) is 16.2. The summed E-state index contributed by atoms with van der Waals surface area (Å²) in [7, 11) is 0. The van der Waals surface area contributed by atoms with Crippen molar-refractivity contribution in [1.82, 2.24) is 14.7 Å². The highest BCUT2D eigenvalue weighted by atomic mass is 16.2. The number of nitrogens with one attached hydrogen (secondary N) is 1. The number of nitrogens with zero attached hydrogens (tertiary/aromatic N) is 3. The molecule has 0 spiro atoms. The third kappa shape index (κ3) is 4.45. The summed E-state index contributed by atoms with van der Waals surface area (Å²) in [6.45, 7) is 11.8. The van der Waals surface area contributed by atoms with Gasteiger partial charge in [0.05, 0.1) is 30.9 Å². The predicted octanol–water partition coefficient (Wildman–Crippen LogP) is 2.89. The van der Waals surface area contributed by atoms with Crippen LogP contribution in [0.2, 0.25) is 0 Å². The smallest absolute Gasteiger partial charge is 0.247 e. The first-order chi connectivity index (χ1) is 12.8. The lowest BCUT2D eigenvalue weighted by Crippen LogP contribution is -2.39. The van der Waals surface area contributed by atoms with Gasteiger partial charge in [-0.05, 0) is 29.8 Å². The van der Waals surface area contributed by atoms with Crippen molar-refractivity contribution in [1.29, 1.82) is 0 Å². The van der Waals surface area contributed by atoms with Gasteiger partial charge in [0, 0.05) is 17.6 Å². The third-order valence-electron chi connectivity index (χ3n) is 4.65. The van der Waals surface area contributed by atoms with Gasteiger partial charge in [0.2, 0.25) is 11.8 Å². The van der Waals surface area contributed by atoms with Crippen molar-refractivity contribution < 1.29 is 9.59 Å². The van der Waals surface area contributed by atoms with E-state index >= 15 is 0 Å². The quantitative estimate of drug-likeness (QED) is 0.846. The zero-order chi connectivity index (χ0) is 19.6. The number of aromatic nitrogens is 2. The maximum atomic E-state index is 12.8. The van der Waals surface area contributed by atoms with Gasteiger partial charge in [-0.25, -0.2) is 0 Å². The zero-order valence-electron chi connectivity index (χ0n) is 16.2. The standard InChI is InChI=1S/C21H26N4O2/c1-5-19(26)22-16-8-6-7-15(11-16)12-20(27)24-9-10-25-17(14-24)13-18(23-25)21(2,3)4/h5-8,11,13H,1,9-10,12,14H2,2-4H3,(H,22,26). The molecule has 0 atom stereocenters. The second-order valence-corrected chi connectivity index (χ2v) is 7.88. The molecule has 1 aromatic carbocycles. The van der Waals surface area contributed by atoms with E-state index in [4.69, 9.17) is 0 Å². The molecule has 1 aliphatic rings. The second kappa shape index (κ2) is 7.39. The van der Waals surface area contributed by atoms with Gasteiger partial charge in [-0.1, -0.05) is 39.5 Å². The summed E-state index contributed by atoms with van der Waals surface area (Å²) in [4.78, 5) is 26.1. The highest BCUT2D eigenvalue weighted by Gasteiger charge is 2.25. The molecule has 2 aromatic rings. The van der Waals surface area contributed by atoms with Crippen LogP contribution in [0.3, 0.4) is 0 Å². The van der Waals surface area contributed by atoms with Crippen molar-refractivity contribution in [3.8, 4) is 0 Å². The van der Waals surface area contributed by atoms with E-state index < -0.39 is 0 Å². The maximum Gasteiger partial charge on any atom is 0.247 e. The molecule has 1 aromatic heterocycles. The number of anilines is 1. The first kappa shape index (κ1) is 18.9. The predicted molar refractivity (Wildman–Crippen MR) is 105 cm³/mol. The fourth-order valence-corrected chi connectivity index (χ4v) is 3.08. The number of hydrogen-bond donors (Lipinski definition) is 1. The molecule has 3 rings (SSSR count). The summed E-state index contributed by atoms with van der Waals surface area (Å²) in [5, 5.41) is 7.40. The van der Waals surface area contributed by atoms with Crippen molar-refractivity contribution in [3.63, 3.8) is 0 Å². The van der Waals surface area contributed by atoms with E-state index in [0.717, 1.165) is 17.0 Å². The third-order valence-corrected chi connectivity index (χ3v) is 4.65. The molecule has 0 unspecified atom stereocenters. The number of carbonyl (C=O) groups is 2. The summed E-state index contributed by atoms with van der Waals surface area (Å²) < 4.78 is 2.01. The van der Waals surface area contributed by atoms with Crippen LogP contribution in [-0.4, -0.2) is 33.0 Å². The first-order valence-electron chi connectivity index (χ1n) is 9.13. The molecule has 0 fully saturated rings. The summed E-state index contributed by atoms with van der Waals surface area (Å²) in [6.07, 6.45) is 1.53. The van der Waals surface area contributed by atoms with Gasteiger partial charge in [0.1, 0.15) is 0 Å². The highest BCUT2D eigenvalue weighted by molar-refractivity contribution is 5.98. The molecule has 1 aliphatic heterocycles. The minimum Gasteiger partial charge on any atom is -0.335 e. The Morgan fingerprint density at radius 3 is 2.74 bits per heavy atom. The summed E-state index contributed by atoms with van der Waals surface area (Å²) in [5.41, 5.74) is 3.66. The summed E-state index contributed by atoms with van der Waals surface area (Å²) in [5.74, 6) is -0.190. The Kier molecular flexibility index (Phi) is 5.17. The number of amides is 2. The average Bonchev–Trinajstić information content (AvgIpc) is 3.05. The van der Waals surface area contributed by atoms with E-state index in [2.05, 4.69) is 43.8 Å². The van der Waals surface area contributed by atoms with Crippen LogP contribution in [-0.2, 0) is 34.5 Å². The lowest BCUT2D eigenvalue weighted by atomic mass is 9.92. The van der Waals surface area contributed by atoms with Gasteiger partial charge in [0.25, 0.3) is 0 Å². The Morgan fingerprint density at radius 2 is 2.04 bits per heavy atom. The molecule has 27 heavy (non-hydrogen) atoms. The average molecular weight is 366 g/mol. The van der Waals surface area contributed by atoms with E-state index in [1.807, 2.05) is 27.8 Å². The number of fused-ring (bicyclic) bond motifs is 1. The lowest BCUT2D eigenvalue weighted by Gasteiger charge is -2.27. The van der Waals surface area contributed by atoms with Crippen LogP contribution in [0.15, 0.2) is 43.0 Å². The molecule has 2 amide bonds. The Hall–Kier alpha value is -2.89. The highest BCUT2D eigenvalue weighted by Crippen LogP contribution is 2.24. The number of rotatable bonds is 4. The molecule has 0 saturated heterocycles. The van der Waals surface area contributed by atoms with Crippen LogP contribution in [0.1, 0.15) is 37.7 Å². The van der Waals surface area contributed by atoms with Gasteiger partial charge < -0.3 is 10.2 Å². The van der Waals surface area contributed by atoms with E-state index in [-0.39, 0.29) is 17.2 Å². The molecular formula is C21H26N4O2. The molecular weight excluding hydrogens is 340 g/mol. The van der Waals surface area contributed by atoms with Crippen molar-refractivity contribution in [2.75, 3.05) is 11.9 Å². The Labute approximate surface area is 159 Å². The van der Waals surface area contributed by atoms with E-state index in [1.54, 1.807) is 6.07 Å². The SMILES string of the molecule is C=CC(=O)Nc1cccc(CC(=O)N2CCn3nc(C(C)(C)C)cc3C2)c1. The van der Waals surface area contributed by atoms with Crippen LogP contribution in [0.25, 0.3) is 0 Å². The first-order valence-corrected chi connectivity index (χ1v) is 9.13. The van der Waals surface area contributed by atoms with Crippen molar-refractivity contribution in [3.05, 3.63) is 59.9 Å². The van der Waals surface area contributed by atoms with Crippen molar-refractivity contribution >= 4 is 17.5 Å². The number of hydrogen-bond acceptors (Lipinski definition) is 3. The minimum absolute atomic E-state index is 0.00447. The molecule has 6 nitrogen and oxygen atoms in total. The van der Waals surface area contributed by atoms with Crippen LogP contribution >= 0.6 is 0 Å². The number of benzene rings is 1. The van der Waals surface area contributed by atoms with E-state index in [9.17, 15) is 9.59 Å². The summed E-state index contributed by atoms with van der Waals surface area (Å²) >= 11 is 0. The van der Waals surface area contributed by atoms with E-state index in [0.29, 0.717) is 31.7 Å². The van der Waals surface area contributed by atoms with Gasteiger partial charge >= 0.3 is 0 Å². The molecule has 0 radical (unpaired) electrons. The topological polar surface area (TPSA) is 67.2 Å². The minimum atomic E-state index is -0.266. The monoisotopic (exact) mass is 366 g/mol. The van der Waals surface area contributed by atoms with Gasteiger partial charge in [0.15, 0.2) is 0 Å². The Balaban J connectivity index is 1.67. The normalized spacial score (nSPS) is 13.8. The fraction of sp³-hybridized carbons (Fsp3) is 0.381. The lowest BCUT2D eigenvalue weighted by molar-refractivity contribution is -0.132. The Morgan fingerprint density at radius 1 is 1.26 bits per heavy atom. The van der Waals surface area contributed by atoms with Crippen LogP contribution in [0, 0.1) is 0 Å². The van der Waals surface area contributed by atoms with Crippen molar-refractivity contribution in [2.45, 2.75) is 45.7 Å². The largest absolute Gasteiger partial charge is 0.335 e. The Bertz CT molecular complexity index is 877. The molecule has 6 heteroatoms.